The van der Waals surface area contributed by atoms with Crippen molar-refractivity contribution in [1.29, 1.82) is 0 Å². The second kappa shape index (κ2) is 6.90. The van der Waals surface area contributed by atoms with Crippen LogP contribution in [0.5, 0.6) is 0 Å². The van der Waals surface area contributed by atoms with Gasteiger partial charge in [0.2, 0.25) is 0 Å². The van der Waals surface area contributed by atoms with Crippen molar-refractivity contribution in [2.24, 2.45) is 4.99 Å². The predicted octanol–water partition coefficient (Wildman–Crippen LogP) is 5.07. The summed E-state index contributed by atoms with van der Waals surface area (Å²) in [5.41, 5.74) is 2.58. The molecule has 1 heterocycles. The van der Waals surface area contributed by atoms with Gasteiger partial charge in [-0.25, -0.2) is 4.39 Å². The molecule has 2 aromatic carbocycles. The van der Waals surface area contributed by atoms with Gasteiger partial charge in [-0.1, -0.05) is 47.5 Å². The van der Waals surface area contributed by atoms with Crippen LogP contribution in [0.3, 0.4) is 0 Å². The average molecular weight is 351 g/mol. The van der Waals surface area contributed by atoms with E-state index in [2.05, 4.69) is 9.89 Å². The first-order valence-corrected chi connectivity index (χ1v) is 8.27. The van der Waals surface area contributed by atoms with Crippen molar-refractivity contribution in [3.8, 4) is 0 Å². The summed E-state index contributed by atoms with van der Waals surface area (Å²) >= 11 is 12.6. The van der Waals surface area contributed by atoms with Gasteiger partial charge in [0.05, 0.1) is 29.0 Å². The molecule has 1 aliphatic heterocycles. The second-order valence-electron chi connectivity index (χ2n) is 5.65. The van der Waals surface area contributed by atoms with Gasteiger partial charge in [-0.05, 0) is 42.2 Å². The molecule has 120 valence electrons. The zero-order valence-corrected chi connectivity index (χ0v) is 14.3. The van der Waals surface area contributed by atoms with Crippen LogP contribution < -0.4 is 0 Å². The van der Waals surface area contributed by atoms with Crippen LogP contribution in [-0.2, 0) is 6.42 Å². The van der Waals surface area contributed by atoms with E-state index in [-0.39, 0.29) is 11.9 Å². The van der Waals surface area contributed by atoms with Gasteiger partial charge in [0.15, 0.2) is 0 Å². The average Bonchev–Trinajstić information content (AvgIpc) is 3.06. The van der Waals surface area contributed by atoms with Crippen LogP contribution in [0.1, 0.15) is 22.7 Å². The zero-order chi connectivity index (χ0) is 16.4. The first-order valence-electron chi connectivity index (χ1n) is 7.51. The van der Waals surface area contributed by atoms with Crippen LogP contribution in [-0.4, -0.2) is 24.3 Å². The highest BCUT2D eigenvalue weighted by Gasteiger charge is 2.24. The Morgan fingerprint density at radius 2 is 2.00 bits per heavy atom. The third-order valence-corrected chi connectivity index (χ3v) is 5.08. The molecule has 23 heavy (non-hydrogen) atoms. The molecule has 1 aliphatic rings. The molecule has 0 aromatic heterocycles. The number of aliphatic imine (C=N–C) groups is 1. The summed E-state index contributed by atoms with van der Waals surface area (Å²) < 4.78 is 13.9. The van der Waals surface area contributed by atoms with E-state index in [0.717, 1.165) is 24.2 Å². The van der Waals surface area contributed by atoms with Crippen LogP contribution >= 0.6 is 23.2 Å². The van der Waals surface area contributed by atoms with Crippen molar-refractivity contribution >= 4 is 29.5 Å². The van der Waals surface area contributed by atoms with Crippen molar-refractivity contribution in [2.75, 3.05) is 13.1 Å². The molecule has 0 spiro atoms. The smallest absolute Gasteiger partial charge is 0.126 e. The quantitative estimate of drug-likeness (QED) is 0.751. The van der Waals surface area contributed by atoms with E-state index in [0.29, 0.717) is 22.0 Å². The third-order valence-electron chi connectivity index (χ3n) is 4.25. The van der Waals surface area contributed by atoms with Crippen LogP contribution in [0.2, 0.25) is 10.0 Å². The highest BCUT2D eigenvalue weighted by molar-refractivity contribution is 6.42. The largest absolute Gasteiger partial charge is 0.354 e. The summed E-state index contributed by atoms with van der Waals surface area (Å²) in [6.45, 7) is 3.39. The third kappa shape index (κ3) is 3.36. The molecule has 0 fully saturated rings. The Morgan fingerprint density at radius 1 is 1.22 bits per heavy atom. The van der Waals surface area contributed by atoms with E-state index in [4.69, 9.17) is 23.2 Å². The SMILES string of the molecule is Cc1c(F)cccc1CC(c1cccc(Cl)c1Cl)N1C=NCC1. The summed E-state index contributed by atoms with van der Waals surface area (Å²) in [5.74, 6) is -0.187. The molecule has 0 saturated heterocycles. The minimum absolute atomic E-state index is 0.0204. The summed E-state index contributed by atoms with van der Waals surface area (Å²) in [7, 11) is 0. The number of halogens is 3. The molecular formula is C18H17Cl2FN2. The summed E-state index contributed by atoms with van der Waals surface area (Å²) in [6.07, 6.45) is 2.49. The van der Waals surface area contributed by atoms with Crippen LogP contribution in [0.4, 0.5) is 4.39 Å². The molecule has 3 rings (SSSR count). The molecule has 0 aliphatic carbocycles. The zero-order valence-electron chi connectivity index (χ0n) is 12.8. The first-order chi connectivity index (χ1) is 11.1. The highest BCUT2D eigenvalue weighted by atomic mass is 35.5. The van der Waals surface area contributed by atoms with Gasteiger partial charge >= 0.3 is 0 Å². The predicted molar refractivity (Wildman–Crippen MR) is 94.1 cm³/mol. The van der Waals surface area contributed by atoms with Gasteiger partial charge < -0.3 is 4.90 Å². The van der Waals surface area contributed by atoms with E-state index < -0.39 is 0 Å². The molecule has 0 saturated carbocycles. The number of hydrogen-bond donors (Lipinski definition) is 0. The van der Waals surface area contributed by atoms with Crippen LogP contribution in [0, 0.1) is 12.7 Å². The fraction of sp³-hybridized carbons (Fsp3) is 0.278. The molecule has 0 N–H and O–H groups in total. The maximum absolute atomic E-state index is 13.9. The molecule has 0 amide bonds. The van der Waals surface area contributed by atoms with E-state index in [1.807, 2.05) is 24.5 Å². The van der Waals surface area contributed by atoms with Crippen molar-refractivity contribution in [3.05, 3.63) is 69.0 Å². The number of benzene rings is 2. The summed E-state index contributed by atoms with van der Waals surface area (Å²) in [6, 6.07) is 10.8. The van der Waals surface area contributed by atoms with Crippen molar-refractivity contribution in [3.63, 3.8) is 0 Å². The van der Waals surface area contributed by atoms with E-state index in [9.17, 15) is 4.39 Å². The minimum Gasteiger partial charge on any atom is -0.354 e. The van der Waals surface area contributed by atoms with E-state index >= 15 is 0 Å². The van der Waals surface area contributed by atoms with E-state index in [1.54, 1.807) is 19.1 Å². The molecule has 1 unspecified atom stereocenters. The molecule has 2 nitrogen and oxygen atoms in total. The Kier molecular flexibility index (Phi) is 4.88. The van der Waals surface area contributed by atoms with Gasteiger partial charge in [0.25, 0.3) is 0 Å². The van der Waals surface area contributed by atoms with Gasteiger partial charge in [-0.3, -0.25) is 4.99 Å². The molecule has 1 atom stereocenters. The van der Waals surface area contributed by atoms with Gasteiger partial charge in [-0.2, -0.15) is 0 Å². The monoisotopic (exact) mass is 350 g/mol. The minimum atomic E-state index is -0.187. The van der Waals surface area contributed by atoms with Gasteiger partial charge in [0.1, 0.15) is 5.82 Å². The Morgan fingerprint density at radius 3 is 2.74 bits per heavy atom. The van der Waals surface area contributed by atoms with Crippen molar-refractivity contribution in [1.82, 2.24) is 4.90 Å². The van der Waals surface area contributed by atoms with Crippen LogP contribution in [0.25, 0.3) is 0 Å². The Bertz CT molecular complexity index is 746. The van der Waals surface area contributed by atoms with Gasteiger partial charge in [-0.15, -0.1) is 0 Å². The second-order valence-corrected chi connectivity index (χ2v) is 6.43. The summed E-state index contributed by atoms with van der Waals surface area (Å²) in [5, 5.41) is 1.08. The lowest BCUT2D eigenvalue weighted by atomic mass is 9.95. The normalized spacial score (nSPS) is 15.2. The maximum atomic E-state index is 13.9. The van der Waals surface area contributed by atoms with Crippen molar-refractivity contribution in [2.45, 2.75) is 19.4 Å². The highest BCUT2D eigenvalue weighted by Crippen LogP contribution is 2.35. The van der Waals surface area contributed by atoms with Crippen LogP contribution in [0.15, 0.2) is 41.4 Å². The Hall–Kier alpha value is -1.58. The number of hydrogen-bond acceptors (Lipinski definition) is 2. The lowest BCUT2D eigenvalue weighted by molar-refractivity contribution is 0.348. The van der Waals surface area contributed by atoms with Crippen molar-refractivity contribution < 1.29 is 4.39 Å². The maximum Gasteiger partial charge on any atom is 0.126 e. The Balaban J connectivity index is 2.01. The summed E-state index contributed by atoms with van der Waals surface area (Å²) in [4.78, 5) is 6.44. The van der Waals surface area contributed by atoms with E-state index in [1.165, 1.54) is 6.07 Å². The molecule has 2 aromatic rings. The fourth-order valence-electron chi connectivity index (χ4n) is 2.90. The lowest BCUT2D eigenvalue weighted by Crippen LogP contribution is -2.28. The fourth-order valence-corrected chi connectivity index (χ4v) is 3.33. The number of rotatable bonds is 4. The molecule has 0 bridgehead atoms. The molecule has 0 radical (unpaired) electrons. The number of nitrogens with zero attached hydrogens (tertiary/aromatic N) is 2. The standard InChI is InChI=1S/C18H17Cl2FN2/c1-12-13(4-2-7-16(12)21)10-17(23-9-8-22-11-23)14-5-3-6-15(19)18(14)20/h2-7,11,17H,8-10H2,1H3. The Labute approximate surface area is 145 Å². The van der Waals surface area contributed by atoms with Gasteiger partial charge in [0, 0.05) is 6.54 Å². The molecule has 5 heteroatoms. The topological polar surface area (TPSA) is 15.6 Å². The molecular weight excluding hydrogens is 334 g/mol. The first kappa shape index (κ1) is 16.3. The lowest BCUT2D eigenvalue weighted by Gasteiger charge is -2.29.